The lowest BCUT2D eigenvalue weighted by Crippen LogP contribution is -2.50. The smallest absolute Gasteiger partial charge is 0.348 e. The largest absolute Gasteiger partial charge is 0.479 e. The zero-order valence-electron chi connectivity index (χ0n) is 17.1. The zero-order chi connectivity index (χ0) is 22.4. The molecular formula is C22H21FN2O6. The molecule has 3 aromatic rings. The fourth-order valence-corrected chi connectivity index (χ4v) is 3.31. The first-order chi connectivity index (χ1) is 15.0. The van der Waals surface area contributed by atoms with Crippen molar-refractivity contribution in [3.63, 3.8) is 0 Å². The van der Waals surface area contributed by atoms with Crippen molar-refractivity contribution in [2.45, 2.75) is 11.7 Å². The van der Waals surface area contributed by atoms with Gasteiger partial charge in [0.2, 0.25) is 11.9 Å². The van der Waals surface area contributed by atoms with Crippen LogP contribution in [0.1, 0.15) is 11.1 Å². The number of aliphatic carboxylic acids is 1. The van der Waals surface area contributed by atoms with Gasteiger partial charge in [-0.05, 0) is 11.1 Å². The summed E-state index contributed by atoms with van der Waals surface area (Å²) < 4.78 is 35.5. The van der Waals surface area contributed by atoms with E-state index in [9.17, 15) is 14.3 Å². The molecule has 8 nitrogen and oxygen atoms in total. The van der Waals surface area contributed by atoms with E-state index in [0.717, 1.165) is 0 Å². The topological polar surface area (TPSA) is 100 Å². The second kappa shape index (κ2) is 9.40. The summed E-state index contributed by atoms with van der Waals surface area (Å²) in [5, 5.41) is 10.1. The standard InChI is InChI=1S/C22H21FN2O6/c1-28-18-16(23)19(29-2)25-21(24-18)31-17(20(26)27)22(30-3,14-10-6-4-7-11-14)15-12-8-5-9-13-15/h4-13,17H,1-3H3,(H,26,27). The number of methoxy groups -OCH3 is 3. The van der Waals surface area contributed by atoms with E-state index in [2.05, 4.69) is 9.97 Å². The number of hydrogen-bond donors (Lipinski definition) is 1. The average molecular weight is 428 g/mol. The maximum atomic E-state index is 14.2. The van der Waals surface area contributed by atoms with Crippen molar-refractivity contribution in [3.05, 3.63) is 77.6 Å². The summed E-state index contributed by atoms with van der Waals surface area (Å²) in [7, 11) is 3.79. The highest BCUT2D eigenvalue weighted by Crippen LogP contribution is 2.39. The Hall–Kier alpha value is -3.72. The normalized spacial score (nSPS) is 12.1. The molecule has 1 heterocycles. The molecule has 0 aliphatic carbocycles. The first-order valence-corrected chi connectivity index (χ1v) is 9.19. The van der Waals surface area contributed by atoms with E-state index in [1.807, 2.05) is 0 Å². The third kappa shape index (κ3) is 4.13. The summed E-state index contributed by atoms with van der Waals surface area (Å²) in [6.45, 7) is 0. The van der Waals surface area contributed by atoms with Crippen molar-refractivity contribution < 1.29 is 33.2 Å². The Balaban J connectivity index is 2.20. The second-order valence-corrected chi connectivity index (χ2v) is 6.35. The molecule has 0 saturated carbocycles. The predicted molar refractivity (Wildman–Crippen MR) is 108 cm³/mol. The minimum Gasteiger partial charge on any atom is -0.479 e. The number of aromatic nitrogens is 2. The molecule has 0 amide bonds. The Morgan fingerprint density at radius 1 is 0.903 bits per heavy atom. The van der Waals surface area contributed by atoms with Crippen LogP contribution in [0.25, 0.3) is 0 Å². The zero-order valence-corrected chi connectivity index (χ0v) is 17.1. The highest BCUT2D eigenvalue weighted by molar-refractivity contribution is 5.76. The van der Waals surface area contributed by atoms with Crippen LogP contribution in [0.5, 0.6) is 17.8 Å². The van der Waals surface area contributed by atoms with Crippen LogP contribution in [0.2, 0.25) is 0 Å². The van der Waals surface area contributed by atoms with Gasteiger partial charge in [-0.25, -0.2) is 4.79 Å². The van der Waals surface area contributed by atoms with Crippen molar-refractivity contribution in [1.82, 2.24) is 9.97 Å². The Kier molecular flexibility index (Phi) is 6.66. The van der Waals surface area contributed by atoms with E-state index < -0.39 is 41.3 Å². The molecular weight excluding hydrogens is 407 g/mol. The van der Waals surface area contributed by atoms with Crippen molar-refractivity contribution in [2.24, 2.45) is 0 Å². The van der Waals surface area contributed by atoms with Gasteiger partial charge in [-0.15, -0.1) is 0 Å². The number of carbonyl (C=O) groups is 1. The number of carboxylic acids is 1. The van der Waals surface area contributed by atoms with Crippen molar-refractivity contribution in [1.29, 1.82) is 0 Å². The minimum absolute atomic E-state index is 0.448. The molecule has 0 saturated heterocycles. The molecule has 0 aliphatic heterocycles. The third-order valence-electron chi connectivity index (χ3n) is 4.70. The van der Waals surface area contributed by atoms with Gasteiger partial charge in [0.1, 0.15) is 0 Å². The molecule has 0 spiro atoms. The summed E-state index contributed by atoms with van der Waals surface area (Å²) in [4.78, 5) is 20.1. The first kappa shape index (κ1) is 22.0. The van der Waals surface area contributed by atoms with Gasteiger partial charge >= 0.3 is 12.0 Å². The number of ether oxygens (including phenoxy) is 4. The Labute approximate surface area is 178 Å². The van der Waals surface area contributed by atoms with E-state index in [-0.39, 0.29) is 0 Å². The van der Waals surface area contributed by atoms with Gasteiger partial charge in [0.15, 0.2) is 5.60 Å². The maximum Gasteiger partial charge on any atom is 0.348 e. The van der Waals surface area contributed by atoms with Gasteiger partial charge in [0, 0.05) is 7.11 Å². The average Bonchev–Trinajstić information content (AvgIpc) is 2.81. The van der Waals surface area contributed by atoms with Crippen LogP contribution < -0.4 is 14.2 Å². The molecule has 1 aromatic heterocycles. The molecule has 31 heavy (non-hydrogen) atoms. The molecule has 9 heteroatoms. The number of carboxylic acid groups (broad SMARTS) is 1. The van der Waals surface area contributed by atoms with Crippen LogP contribution in [0.3, 0.4) is 0 Å². The van der Waals surface area contributed by atoms with Crippen molar-refractivity contribution in [2.75, 3.05) is 21.3 Å². The number of hydrogen-bond acceptors (Lipinski definition) is 7. The van der Waals surface area contributed by atoms with Gasteiger partial charge in [0.05, 0.1) is 14.2 Å². The summed E-state index contributed by atoms with van der Waals surface area (Å²) in [5.74, 6) is -3.18. The van der Waals surface area contributed by atoms with Gasteiger partial charge in [-0.3, -0.25) is 0 Å². The summed E-state index contributed by atoms with van der Waals surface area (Å²) in [6, 6.07) is 17.1. The molecule has 2 aromatic carbocycles. The lowest BCUT2D eigenvalue weighted by molar-refractivity contribution is -0.160. The maximum absolute atomic E-state index is 14.2. The van der Waals surface area contributed by atoms with Crippen molar-refractivity contribution in [3.8, 4) is 17.8 Å². The van der Waals surface area contributed by atoms with Gasteiger partial charge < -0.3 is 24.1 Å². The lowest BCUT2D eigenvalue weighted by Gasteiger charge is -2.37. The van der Waals surface area contributed by atoms with Crippen LogP contribution >= 0.6 is 0 Å². The SMILES string of the molecule is COc1nc(OC(C(=O)O)C(OC)(c2ccccc2)c2ccccc2)nc(OC)c1F. The Morgan fingerprint density at radius 2 is 1.35 bits per heavy atom. The van der Waals surface area contributed by atoms with Crippen LogP contribution in [0.15, 0.2) is 60.7 Å². The van der Waals surface area contributed by atoms with Crippen LogP contribution in [-0.4, -0.2) is 48.5 Å². The number of rotatable bonds is 9. The highest BCUT2D eigenvalue weighted by atomic mass is 19.1. The molecule has 162 valence electrons. The summed E-state index contributed by atoms with van der Waals surface area (Å²) in [5.41, 5.74) is -0.527. The molecule has 0 fully saturated rings. The van der Waals surface area contributed by atoms with Crippen LogP contribution in [0.4, 0.5) is 4.39 Å². The fraction of sp³-hybridized carbons (Fsp3) is 0.227. The molecule has 1 atom stereocenters. The summed E-state index contributed by atoms with van der Waals surface area (Å²) >= 11 is 0. The Morgan fingerprint density at radius 3 is 1.71 bits per heavy atom. The highest BCUT2D eigenvalue weighted by Gasteiger charge is 2.49. The molecule has 0 bridgehead atoms. The molecule has 0 radical (unpaired) electrons. The lowest BCUT2D eigenvalue weighted by atomic mass is 9.81. The van der Waals surface area contributed by atoms with Crippen molar-refractivity contribution >= 4 is 5.97 Å². The monoisotopic (exact) mass is 428 g/mol. The number of benzene rings is 2. The van der Waals surface area contributed by atoms with E-state index in [1.165, 1.54) is 21.3 Å². The predicted octanol–water partition coefficient (Wildman–Crippen LogP) is 3.06. The van der Waals surface area contributed by atoms with Gasteiger partial charge in [-0.1, -0.05) is 60.7 Å². The second-order valence-electron chi connectivity index (χ2n) is 6.35. The third-order valence-corrected chi connectivity index (χ3v) is 4.70. The molecule has 0 aliphatic rings. The van der Waals surface area contributed by atoms with E-state index in [1.54, 1.807) is 60.7 Å². The number of halogens is 1. The van der Waals surface area contributed by atoms with Gasteiger partial charge in [0.25, 0.3) is 11.8 Å². The molecule has 1 N–H and O–H groups in total. The Bertz CT molecular complexity index is 968. The quantitative estimate of drug-likeness (QED) is 0.555. The van der Waals surface area contributed by atoms with Gasteiger partial charge in [-0.2, -0.15) is 14.4 Å². The van der Waals surface area contributed by atoms with E-state index >= 15 is 0 Å². The number of nitrogens with zero attached hydrogens (tertiary/aromatic N) is 2. The summed E-state index contributed by atoms with van der Waals surface area (Å²) in [6.07, 6.45) is -1.65. The van der Waals surface area contributed by atoms with E-state index in [0.29, 0.717) is 11.1 Å². The van der Waals surface area contributed by atoms with Crippen LogP contribution in [-0.2, 0) is 15.1 Å². The van der Waals surface area contributed by atoms with E-state index in [4.69, 9.17) is 18.9 Å². The minimum atomic E-state index is -1.65. The molecule has 1 unspecified atom stereocenters. The van der Waals surface area contributed by atoms with Crippen LogP contribution in [0, 0.1) is 5.82 Å². The molecule has 3 rings (SSSR count). The first-order valence-electron chi connectivity index (χ1n) is 9.19. The fourth-order valence-electron chi connectivity index (χ4n) is 3.31.